The second-order valence-electron chi connectivity index (χ2n) is 10.6. The highest BCUT2D eigenvalue weighted by Gasteiger charge is 2.48. The summed E-state index contributed by atoms with van der Waals surface area (Å²) >= 11 is 0. The normalized spacial score (nSPS) is 29.4. The van der Waals surface area contributed by atoms with E-state index in [1.807, 2.05) is 12.3 Å². The Bertz CT molecular complexity index is 1050. The molecule has 0 spiro atoms. The van der Waals surface area contributed by atoms with Crippen molar-refractivity contribution in [2.45, 2.75) is 56.8 Å². The van der Waals surface area contributed by atoms with Crippen LogP contribution in [0.1, 0.15) is 60.8 Å². The fourth-order valence-corrected chi connectivity index (χ4v) is 6.07. The molecule has 7 nitrogen and oxygen atoms in total. The van der Waals surface area contributed by atoms with Crippen molar-refractivity contribution in [1.29, 1.82) is 0 Å². The van der Waals surface area contributed by atoms with Crippen molar-refractivity contribution in [3.05, 3.63) is 53.1 Å². The Morgan fingerprint density at radius 1 is 1.23 bits per heavy atom. The average Bonchev–Trinajstić information content (AvgIpc) is 3.51. The third-order valence-electron chi connectivity index (χ3n) is 8.13. The first-order chi connectivity index (χ1) is 16.9. The topological polar surface area (TPSA) is 79.5 Å². The third kappa shape index (κ3) is 5.03. The summed E-state index contributed by atoms with van der Waals surface area (Å²) in [4.78, 5) is 13.0. The molecule has 1 saturated carbocycles. The number of aromatic hydroxyl groups is 1. The minimum atomic E-state index is -0.996. The minimum Gasteiger partial charge on any atom is -0.508 e. The van der Waals surface area contributed by atoms with E-state index < -0.39 is 6.17 Å². The first kappa shape index (κ1) is 24.4. The molecule has 5 atom stereocenters. The maximum atomic E-state index is 15.8. The van der Waals surface area contributed by atoms with E-state index in [0.717, 1.165) is 74.5 Å². The lowest BCUT2D eigenvalue weighted by atomic mass is 9.71. The molecule has 2 aromatic rings. The summed E-state index contributed by atoms with van der Waals surface area (Å²) in [7, 11) is 4.22. The Kier molecular flexibility index (Phi) is 7.25. The maximum Gasteiger partial charge on any atom is 0.125 e. The lowest BCUT2D eigenvalue weighted by Crippen LogP contribution is -2.45. The predicted molar refractivity (Wildman–Crippen MR) is 137 cm³/mol. The third-order valence-corrected chi connectivity index (χ3v) is 8.13. The molecule has 1 aromatic carbocycles. The summed E-state index contributed by atoms with van der Waals surface area (Å²) in [6.07, 6.45) is 6.77. The number of benzene rings is 1. The summed E-state index contributed by atoms with van der Waals surface area (Å²) in [6.45, 7) is 6.24. The number of halogens is 1. The number of alkyl halides is 1. The van der Waals surface area contributed by atoms with Gasteiger partial charge in [-0.05, 0) is 68.6 Å². The van der Waals surface area contributed by atoms with Gasteiger partial charge in [-0.2, -0.15) is 0 Å². The molecule has 3 aliphatic rings. The number of nitrogens with one attached hydrogen (secondary N) is 3. The van der Waals surface area contributed by atoms with Gasteiger partial charge in [0.15, 0.2) is 0 Å². The van der Waals surface area contributed by atoms with Crippen LogP contribution < -0.4 is 10.9 Å². The summed E-state index contributed by atoms with van der Waals surface area (Å²) < 4.78 is 15.8. The van der Waals surface area contributed by atoms with E-state index in [1.165, 1.54) is 5.57 Å². The number of aromatic amines is 1. The largest absolute Gasteiger partial charge is 0.508 e. The number of nitrogens with zero attached hydrogens (tertiary/aromatic N) is 3. The van der Waals surface area contributed by atoms with Crippen molar-refractivity contribution in [3.8, 4) is 5.75 Å². The Hall–Kier alpha value is -2.26. The van der Waals surface area contributed by atoms with Crippen LogP contribution in [0.4, 0.5) is 4.39 Å². The smallest absolute Gasteiger partial charge is 0.125 e. The molecule has 2 aliphatic heterocycles. The van der Waals surface area contributed by atoms with E-state index in [2.05, 4.69) is 52.7 Å². The monoisotopic (exact) mass is 482 g/mol. The van der Waals surface area contributed by atoms with Gasteiger partial charge in [-0.1, -0.05) is 19.1 Å². The molecule has 4 N–H and O–H groups in total. The van der Waals surface area contributed by atoms with Crippen LogP contribution in [-0.2, 0) is 6.42 Å². The van der Waals surface area contributed by atoms with Crippen LogP contribution in [0.5, 0.6) is 5.75 Å². The number of H-pyrrole nitrogens is 1. The van der Waals surface area contributed by atoms with Crippen molar-refractivity contribution in [2.24, 2.45) is 5.92 Å². The van der Waals surface area contributed by atoms with E-state index in [9.17, 15) is 5.11 Å². The van der Waals surface area contributed by atoms with E-state index in [0.29, 0.717) is 0 Å². The number of aryl methyl sites for hydroxylation is 1. The molecule has 1 aromatic heterocycles. The molecule has 0 amide bonds. The molecule has 3 heterocycles. The summed E-state index contributed by atoms with van der Waals surface area (Å²) in [6, 6.07) is 5.08. The number of imidazole rings is 1. The average molecular weight is 483 g/mol. The Labute approximate surface area is 207 Å². The van der Waals surface area contributed by atoms with Gasteiger partial charge in [0.25, 0.3) is 0 Å². The van der Waals surface area contributed by atoms with Crippen molar-refractivity contribution in [1.82, 2.24) is 30.6 Å². The molecular weight excluding hydrogens is 443 g/mol. The highest BCUT2D eigenvalue weighted by atomic mass is 19.1. The van der Waals surface area contributed by atoms with Crippen LogP contribution in [0.15, 0.2) is 30.5 Å². The van der Waals surface area contributed by atoms with Crippen LogP contribution in [0, 0.1) is 5.92 Å². The standard InChI is InChI=1S/C27H39FN6O/c1-4-17-15-19(35)5-6-20(17)21-7-8-22-25(24(21)28)31-32-26(22)27-29-16-23(30-27)18-9-11-34(12-10-18)14-13-33(2)3/h5-6,9,15-16,21-22,24-26,31-32,35H,4,7-8,10-14H2,1-3H3,(H,29,30). The Morgan fingerprint density at radius 2 is 2.09 bits per heavy atom. The molecular formula is C27H39FN6O. The van der Waals surface area contributed by atoms with E-state index in [1.54, 1.807) is 12.1 Å². The SMILES string of the molecule is CCc1cc(O)ccc1C1CCC2C(c3ncc(C4=CCN(CCN(C)C)CC4)[nH]3)NNC2C1F. The molecule has 2 fully saturated rings. The zero-order chi connectivity index (χ0) is 24.5. The molecule has 8 heteroatoms. The zero-order valence-corrected chi connectivity index (χ0v) is 21.1. The van der Waals surface area contributed by atoms with Gasteiger partial charge < -0.3 is 15.0 Å². The van der Waals surface area contributed by atoms with Gasteiger partial charge in [-0.3, -0.25) is 10.3 Å². The molecule has 1 saturated heterocycles. The van der Waals surface area contributed by atoms with Crippen LogP contribution >= 0.6 is 0 Å². The van der Waals surface area contributed by atoms with Gasteiger partial charge in [-0.15, -0.1) is 0 Å². The van der Waals surface area contributed by atoms with Gasteiger partial charge in [0.1, 0.15) is 17.7 Å². The van der Waals surface area contributed by atoms with Gasteiger partial charge >= 0.3 is 0 Å². The zero-order valence-electron chi connectivity index (χ0n) is 21.1. The maximum absolute atomic E-state index is 15.8. The fraction of sp³-hybridized carbons (Fsp3) is 0.593. The number of phenols is 1. The number of hydrogen-bond acceptors (Lipinski definition) is 6. The summed E-state index contributed by atoms with van der Waals surface area (Å²) in [5.74, 6) is 1.12. The van der Waals surface area contributed by atoms with Crippen LogP contribution in [0.3, 0.4) is 0 Å². The van der Waals surface area contributed by atoms with Gasteiger partial charge in [0.2, 0.25) is 0 Å². The van der Waals surface area contributed by atoms with Crippen molar-refractivity contribution in [2.75, 3.05) is 40.3 Å². The number of likely N-dealkylation sites (N-methyl/N-ethyl adjacent to an activating group) is 1. The van der Waals surface area contributed by atoms with Gasteiger partial charge in [-0.25, -0.2) is 14.8 Å². The number of rotatable bonds is 7. The number of phenolic OH excluding ortho intramolecular Hbond substituents is 1. The molecule has 0 bridgehead atoms. The summed E-state index contributed by atoms with van der Waals surface area (Å²) in [5.41, 5.74) is 11.1. The van der Waals surface area contributed by atoms with E-state index in [4.69, 9.17) is 4.98 Å². The first-order valence-corrected chi connectivity index (χ1v) is 13.0. The highest BCUT2D eigenvalue weighted by Crippen LogP contribution is 2.45. The molecule has 5 unspecified atom stereocenters. The van der Waals surface area contributed by atoms with E-state index >= 15 is 4.39 Å². The van der Waals surface area contributed by atoms with Crippen LogP contribution in [0.2, 0.25) is 0 Å². The molecule has 1 aliphatic carbocycles. The second kappa shape index (κ2) is 10.4. The lowest BCUT2D eigenvalue weighted by Gasteiger charge is -2.36. The minimum absolute atomic E-state index is 0.0285. The van der Waals surface area contributed by atoms with Crippen LogP contribution in [0.25, 0.3) is 5.57 Å². The number of hydrazine groups is 1. The lowest BCUT2D eigenvalue weighted by molar-refractivity contribution is 0.135. The summed E-state index contributed by atoms with van der Waals surface area (Å²) in [5, 5.41) is 9.86. The number of fused-ring (bicyclic) bond motifs is 1. The Morgan fingerprint density at radius 3 is 2.83 bits per heavy atom. The van der Waals surface area contributed by atoms with Gasteiger partial charge in [0.05, 0.1) is 24.0 Å². The fourth-order valence-electron chi connectivity index (χ4n) is 6.07. The molecule has 190 valence electrons. The number of hydrogen-bond donors (Lipinski definition) is 4. The second-order valence-corrected chi connectivity index (χ2v) is 10.6. The first-order valence-electron chi connectivity index (χ1n) is 13.0. The van der Waals surface area contributed by atoms with Crippen molar-refractivity contribution in [3.63, 3.8) is 0 Å². The predicted octanol–water partition coefficient (Wildman–Crippen LogP) is 3.38. The quantitative estimate of drug-likeness (QED) is 0.485. The number of aromatic nitrogens is 2. The van der Waals surface area contributed by atoms with Crippen molar-refractivity contribution < 1.29 is 9.50 Å². The molecule has 5 rings (SSSR count). The van der Waals surface area contributed by atoms with Gasteiger partial charge in [0, 0.05) is 38.0 Å². The van der Waals surface area contributed by atoms with E-state index in [-0.39, 0.29) is 29.7 Å². The van der Waals surface area contributed by atoms with Crippen molar-refractivity contribution >= 4 is 5.57 Å². The molecule has 35 heavy (non-hydrogen) atoms. The Balaban J connectivity index is 1.25. The highest BCUT2D eigenvalue weighted by molar-refractivity contribution is 5.63. The molecule has 0 radical (unpaired) electrons. The van der Waals surface area contributed by atoms with Crippen LogP contribution in [-0.4, -0.2) is 77.4 Å².